The minimum absolute atomic E-state index is 0.0401. The summed E-state index contributed by atoms with van der Waals surface area (Å²) in [6.45, 7) is 2.49. The number of benzene rings is 1. The molecule has 1 unspecified atom stereocenters. The number of carbonyl (C=O) groups excluding carboxylic acids is 2. The number of pyridine rings is 1. The lowest BCUT2D eigenvalue weighted by atomic mass is 9.74. The van der Waals surface area contributed by atoms with E-state index in [4.69, 9.17) is 4.74 Å². The van der Waals surface area contributed by atoms with Gasteiger partial charge in [-0.15, -0.1) is 0 Å². The molecule has 1 aliphatic carbocycles. The number of methoxy groups -OCH3 is 1. The van der Waals surface area contributed by atoms with Gasteiger partial charge < -0.3 is 14.7 Å². The molecule has 3 atom stereocenters. The third kappa shape index (κ3) is 7.06. The molecule has 1 aromatic heterocycles. The van der Waals surface area contributed by atoms with Crippen LogP contribution in [0.1, 0.15) is 79.9 Å². The molecular weight excluding hydrogens is 509 g/mol. The van der Waals surface area contributed by atoms with Gasteiger partial charge in [0.15, 0.2) is 5.78 Å². The predicted octanol–water partition coefficient (Wildman–Crippen LogP) is 5.78. The highest BCUT2D eigenvalue weighted by molar-refractivity contribution is 5.98. The average Bonchev–Trinajstić information content (AvgIpc) is 3.36. The lowest BCUT2D eigenvalue weighted by molar-refractivity contribution is -0.137. The minimum Gasteiger partial charge on any atom is -0.384 e. The Morgan fingerprint density at radius 1 is 1.13 bits per heavy atom. The van der Waals surface area contributed by atoms with Gasteiger partial charge in [-0.2, -0.15) is 13.2 Å². The Morgan fingerprint density at radius 2 is 1.87 bits per heavy atom. The van der Waals surface area contributed by atoms with Gasteiger partial charge in [-0.3, -0.25) is 14.6 Å². The Bertz CT molecular complexity index is 1130. The van der Waals surface area contributed by atoms with E-state index in [1.165, 1.54) is 12.1 Å². The summed E-state index contributed by atoms with van der Waals surface area (Å²) in [6, 6.07) is 9.80. The molecule has 0 bridgehead atoms. The molecule has 0 radical (unpaired) electrons. The number of aliphatic hydroxyl groups is 1. The first-order valence-corrected chi connectivity index (χ1v) is 13.7. The van der Waals surface area contributed by atoms with Crippen LogP contribution in [0.15, 0.2) is 48.7 Å². The molecule has 212 valence electrons. The quantitative estimate of drug-likeness (QED) is 0.403. The first kappa shape index (κ1) is 29.2. The van der Waals surface area contributed by atoms with Crippen molar-refractivity contribution < 1.29 is 32.6 Å². The van der Waals surface area contributed by atoms with Gasteiger partial charge in [-0.25, -0.2) is 0 Å². The summed E-state index contributed by atoms with van der Waals surface area (Å²) in [6.07, 6.45) is 1.59. The number of ketones is 1. The molecule has 0 spiro atoms. The molecular formula is C30H37F3N2O4. The molecule has 9 heteroatoms. The molecule has 2 aromatic rings. The number of Topliss-reactive ketones (excluding diaryl/α,β-unsaturated/α-hetero) is 1. The van der Waals surface area contributed by atoms with Gasteiger partial charge >= 0.3 is 6.18 Å². The highest BCUT2D eigenvalue weighted by atomic mass is 19.4. The van der Waals surface area contributed by atoms with Crippen molar-refractivity contribution in [3.63, 3.8) is 0 Å². The summed E-state index contributed by atoms with van der Waals surface area (Å²) in [5.41, 5.74) is -1.09. The van der Waals surface area contributed by atoms with E-state index < -0.39 is 23.1 Å². The number of amides is 1. The summed E-state index contributed by atoms with van der Waals surface area (Å²) in [7, 11) is 1.61. The number of rotatable bonds is 9. The number of ether oxygens (including phenoxy) is 1. The fraction of sp³-hybridized carbons (Fsp3) is 0.567. The topological polar surface area (TPSA) is 79.7 Å². The zero-order valence-electron chi connectivity index (χ0n) is 22.5. The van der Waals surface area contributed by atoms with Crippen LogP contribution in [0.5, 0.6) is 0 Å². The second-order valence-corrected chi connectivity index (χ2v) is 11.1. The van der Waals surface area contributed by atoms with Crippen LogP contribution in [0.25, 0.3) is 0 Å². The number of alkyl halides is 3. The smallest absolute Gasteiger partial charge is 0.384 e. The Kier molecular flexibility index (Phi) is 9.11. The van der Waals surface area contributed by atoms with Crippen LogP contribution >= 0.6 is 0 Å². The molecule has 1 saturated heterocycles. The van der Waals surface area contributed by atoms with Gasteiger partial charge in [0, 0.05) is 38.3 Å². The van der Waals surface area contributed by atoms with Crippen LogP contribution in [-0.2, 0) is 21.3 Å². The van der Waals surface area contributed by atoms with Crippen molar-refractivity contribution in [3.05, 3.63) is 65.5 Å². The molecule has 1 amide bonds. The number of aromatic nitrogens is 1. The average molecular weight is 547 g/mol. The third-order valence-corrected chi connectivity index (χ3v) is 8.48. The van der Waals surface area contributed by atoms with E-state index in [0.29, 0.717) is 25.3 Å². The highest BCUT2D eigenvalue weighted by Gasteiger charge is 2.41. The van der Waals surface area contributed by atoms with Crippen molar-refractivity contribution in [2.24, 2.45) is 11.8 Å². The first-order valence-electron chi connectivity index (χ1n) is 13.7. The SMILES string of the molecule is COC(C)[C@@H]1C[C@H](CC2CCC(O)(c3ccccn3)CC2)CN1C(=O)CCC(=O)c1cccc(C(F)(F)F)c1. The predicted molar refractivity (Wildman–Crippen MR) is 140 cm³/mol. The van der Waals surface area contributed by atoms with Crippen molar-refractivity contribution in [2.45, 2.75) is 82.2 Å². The highest BCUT2D eigenvalue weighted by Crippen LogP contribution is 2.42. The Morgan fingerprint density at radius 3 is 2.51 bits per heavy atom. The second-order valence-electron chi connectivity index (χ2n) is 11.1. The zero-order valence-corrected chi connectivity index (χ0v) is 22.5. The maximum Gasteiger partial charge on any atom is 0.416 e. The van der Waals surface area contributed by atoms with Gasteiger partial charge in [0.1, 0.15) is 5.60 Å². The molecule has 6 nitrogen and oxygen atoms in total. The molecule has 2 fully saturated rings. The van der Waals surface area contributed by atoms with Gasteiger partial charge in [0.05, 0.1) is 23.4 Å². The normalized spacial score (nSPS) is 26.4. The van der Waals surface area contributed by atoms with E-state index in [9.17, 15) is 27.9 Å². The van der Waals surface area contributed by atoms with Crippen LogP contribution in [0.4, 0.5) is 13.2 Å². The van der Waals surface area contributed by atoms with E-state index in [-0.39, 0.29) is 42.4 Å². The monoisotopic (exact) mass is 546 g/mol. The van der Waals surface area contributed by atoms with Crippen LogP contribution in [0.2, 0.25) is 0 Å². The molecule has 1 aromatic carbocycles. The Balaban J connectivity index is 1.33. The van der Waals surface area contributed by atoms with Gasteiger partial charge in [0.2, 0.25) is 5.91 Å². The fourth-order valence-corrected chi connectivity index (χ4v) is 6.15. The fourth-order valence-electron chi connectivity index (χ4n) is 6.15. The van der Waals surface area contributed by atoms with E-state index in [1.807, 2.05) is 25.1 Å². The van der Waals surface area contributed by atoms with Crippen molar-refractivity contribution in [1.82, 2.24) is 9.88 Å². The van der Waals surface area contributed by atoms with E-state index in [2.05, 4.69) is 4.98 Å². The Hall–Kier alpha value is -2.78. The van der Waals surface area contributed by atoms with E-state index in [0.717, 1.165) is 43.5 Å². The molecule has 2 aliphatic rings. The van der Waals surface area contributed by atoms with Crippen LogP contribution in [0.3, 0.4) is 0 Å². The minimum atomic E-state index is -4.53. The number of nitrogens with zero attached hydrogens (tertiary/aromatic N) is 2. The summed E-state index contributed by atoms with van der Waals surface area (Å²) in [5.74, 6) is 0.0563. The summed E-state index contributed by atoms with van der Waals surface area (Å²) < 4.78 is 44.6. The van der Waals surface area contributed by atoms with Crippen molar-refractivity contribution in [2.75, 3.05) is 13.7 Å². The number of hydrogen-bond donors (Lipinski definition) is 1. The molecule has 1 saturated carbocycles. The van der Waals surface area contributed by atoms with Crippen molar-refractivity contribution in [1.29, 1.82) is 0 Å². The number of carbonyl (C=O) groups is 2. The molecule has 2 heterocycles. The van der Waals surface area contributed by atoms with Crippen LogP contribution in [0, 0.1) is 11.8 Å². The maximum absolute atomic E-state index is 13.2. The molecule has 39 heavy (non-hydrogen) atoms. The van der Waals surface area contributed by atoms with E-state index >= 15 is 0 Å². The lowest BCUT2D eigenvalue weighted by Gasteiger charge is -2.36. The largest absolute Gasteiger partial charge is 0.416 e. The van der Waals surface area contributed by atoms with Crippen LogP contribution in [-0.4, -0.2) is 52.5 Å². The van der Waals surface area contributed by atoms with Crippen molar-refractivity contribution >= 4 is 11.7 Å². The molecule has 1 aliphatic heterocycles. The van der Waals surface area contributed by atoms with Gasteiger partial charge in [-0.1, -0.05) is 18.2 Å². The van der Waals surface area contributed by atoms with Crippen molar-refractivity contribution in [3.8, 4) is 0 Å². The standard InChI is InChI=1S/C30H37F3N2O4/c1-20(39-2)25-17-22(16-21-11-13-29(38,14-12-21)27-8-3-4-15-34-27)19-35(25)28(37)10-9-26(36)23-6-5-7-24(18-23)30(31,32)33/h3-8,15,18,20-22,25,38H,9-14,16-17,19H2,1-2H3/t20?,21?,22-,25-,29?/m0/s1. The summed E-state index contributed by atoms with van der Waals surface area (Å²) >= 11 is 0. The number of hydrogen-bond acceptors (Lipinski definition) is 5. The number of likely N-dealkylation sites (tertiary alicyclic amines) is 1. The number of halogens is 3. The first-order chi connectivity index (χ1) is 18.5. The Labute approximate surface area is 227 Å². The lowest BCUT2D eigenvalue weighted by Crippen LogP contribution is -2.42. The third-order valence-electron chi connectivity index (χ3n) is 8.48. The van der Waals surface area contributed by atoms with Gasteiger partial charge in [-0.05, 0) is 81.5 Å². The second kappa shape index (κ2) is 12.2. The summed E-state index contributed by atoms with van der Waals surface area (Å²) in [5, 5.41) is 11.1. The zero-order chi connectivity index (χ0) is 28.2. The molecule has 4 rings (SSSR count). The molecule has 1 N–H and O–H groups in total. The van der Waals surface area contributed by atoms with E-state index in [1.54, 1.807) is 18.2 Å². The van der Waals surface area contributed by atoms with Gasteiger partial charge in [0.25, 0.3) is 0 Å². The maximum atomic E-state index is 13.2. The summed E-state index contributed by atoms with van der Waals surface area (Å²) in [4.78, 5) is 32.0. The van der Waals surface area contributed by atoms with Crippen LogP contribution < -0.4 is 0 Å².